The second-order valence-electron chi connectivity index (χ2n) is 18.8. The molecule has 64 heavy (non-hydrogen) atoms. The Morgan fingerprint density at radius 3 is 0.969 bits per heavy atom. The van der Waals surface area contributed by atoms with Gasteiger partial charge < -0.3 is 0 Å². The van der Waals surface area contributed by atoms with E-state index < -0.39 is 0 Å². The Bertz CT molecular complexity index is 2190. The van der Waals surface area contributed by atoms with Crippen molar-refractivity contribution in [3.63, 3.8) is 0 Å². The maximum atomic E-state index is 2.68. The highest BCUT2D eigenvalue weighted by atomic mass is 15.5. The summed E-state index contributed by atoms with van der Waals surface area (Å²) < 4.78 is 0. The Kier molecular flexibility index (Phi) is 15.3. The number of hydrogen-bond donors (Lipinski definition) is 0. The fourth-order valence-corrected chi connectivity index (χ4v) is 10.2. The van der Waals surface area contributed by atoms with Gasteiger partial charge in [-0.3, -0.25) is 19.6 Å². The SMILES string of the molecule is CCCCC1=CCC(N2/C(=C3/N(C4=CC(CCCC)=CC4)c4ccccc4N3c3cc(CCCC)cc(CCCC)c3)N(c3cc(CCCC)cc(CCCC)c3)c3ccccc32)=C1. The predicted octanol–water partition coefficient (Wildman–Crippen LogP) is 17.6. The van der Waals surface area contributed by atoms with Gasteiger partial charge in [-0.1, -0.05) is 129 Å². The van der Waals surface area contributed by atoms with Gasteiger partial charge in [-0.2, -0.15) is 0 Å². The maximum Gasteiger partial charge on any atom is 0.165 e. The molecule has 0 unspecified atom stereocenters. The molecule has 0 radical (unpaired) electrons. The molecule has 0 amide bonds. The van der Waals surface area contributed by atoms with Gasteiger partial charge in [0, 0.05) is 35.6 Å². The molecule has 0 atom stereocenters. The molecule has 0 saturated carbocycles. The highest BCUT2D eigenvalue weighted by molar-refractivity contribution is 5.97. The van der Waals surface area contributed by atoms with Crippen molar-refractivity contribution in [3.8, 4) is 0 Å². The van der Waals surface area contributed by atoms with Crippen LogP contribution in [0.3, 0.4) is 0 Å². The van der Waals surface area contributed by atoms with E-state index in [4.69, 9.17) is 0 Å². The number of unbranched alkanes of at least 4 members (excludes halogenated alkanes) is 6. The molecule has 0 N–H and O–H groups in total. The first-order valence-corrected chi connectivity index (χ1v) is 25.7. The normalized spacial score (nSPS) is 16.7. The van der Waals surface area contributed by atoms with E-state index in [2.05, 4.69) is 170 Å². The van der Waals surface area contributed by atoms with Crippen molar-refractivity contribution < 1.29 is 0 Å². The molecular weight excluding hydrogens is 777 g/mol. The third-order valence-corrected chi connectivity index (χ3v) is 13.7. The molecule has 0 bridgehead atoms. The zero-order chi connectivity index (χ0) is 44.4. The van der Waals surface area contributed by atoms with Crippen LogP contribution in [0.5, 0.6) is 0 Å². The van der Waals surface area contributed by atoms with Crippen LogP contribution in [0.1, 0.15) is 167 Å². The van der Waals surface area contributed by atoms with Crippen molar-refractivity contribution in [2.75, 3.05) is 19.6 Å². The summed E-state index contributed by atoms with van der Waals surface area (Å²) in [5.74, 6) is 2.44. The zero-order valence-corrected chi connectivity index (χ0v) is 40.3. The minimum atomic E-state index is 0.919. The molecule has 8 rings (SSSR count). The molecule has 0 saturated heterocycles. The highest BCUT2D eigenvalue weighted by Gasteiger charge is 2.45. The summed E-state index contributed by atoms with van der Waals surface area (Å²) in [6.07, 6.45) is 32.9. The van der Waals surface area contributed by atoms with Gasteiger partial charge in [0.2, 0.25) is 0 Å². The maximum absolute atomic E-state index is 2.68. The van der Waals surface area contributed by atoms with Crippen molar-refractivity contribution in [2.45, 2.75) is 170 Å². The van der Waals surface area contributed by atoms with Crippen LogP contribution >= 0.6 is 0 Å². The zero-order valence-electron chi connectivity index (χ0n) is 40.3. The summed E-state index contributed by atoms with van der Waals surface area (Å²) in [7, 11) is 0. The summed E-state index contributed by atoms with van der Waals surface area (Å²) in [6.45, 7) is 13.9. The minimum Gasteiger partial charge on any atom is -0.294 e. The standard InChI is InChI=1S/C60H76N4/c1-7-13-23-45-33-35-51(39-45)61-55-29-19-21-31-57(55)63(53-41-47(25-15-9-3)37-48(42-53)26-16-10-4)59(61)60-62(52-36-34-46(40-52)24-14-8-2)56-30-20-22-32-58(56)64(60)54-43-49(27-17-11-5)38-50(44-54)28-18-12-6/h19-22,29-34,37-44H,7-18,23-28,35-36H2,1-6H3/b60-59+. The topological polar surface area (TPSA) is 13.0 Å². The number of rotatable bonds is 22. The van der Waals surface area contributed by atoms with Crippen LogP contribution in [0.4, 0.5) is 34.1 Å². The van der Waals surface area contributed by atoms with Crippen LogP contribution in [0.15, 0.2) is 143 Å². The molecule has 4 heteroatoms. The van der Waals surface area contributed by atoms with E-state index in [1.54, 1.807) is 0 Å². The number of nitrogens with zero attached hydrogens (tertiary/aromatic N) is 4. The van der Waals surface area contributed by atoms with Gasteiger partial charge in [0.1, 0.15) is 0 Å². The van der Waals surface area contributed by atoms with Gasteiger partial charge in [0.05, 0.1) is 22.7 Å². The molecule has 336 valence electrons. The van der Waals surface area contributed by atoms with E-state index in [-0.39, 0.29) is 0 Å². The van der Waals surface area contributed by atoms with E-state index in [0.717, 1.165) is 51.4 Å². The van der Waals surface area contributed by atoms with Crippen LogP contribution < -0.4 is 19.6 Å². The van der Waals surface area contributed by atoms with E-state index >= 15 is 0 Å². The number of anilines is 6. The lowest BCUT2D eigenvalue weighted by Crippen LogP contribution is -2.36. The van der Waals surface area contributed by atoms with E-state index in [9.17, 15) is 0 Å². The van der Waals surface area contributed by atoms with Gasteiger partial charge in [0.25, 0.3) is 0 Å². The second-order valence-corrected chi connectivity index (χ2v) is 18.8. The van der Waals surface area contributed by atoms with Gasteiger partial charge in [-0.05, 0) is 171 Å². The minimum absolute atomic E-state index is 0.919. The van der Waals surface area contributed by atoms with Crippen LogP contribution in [0, 0.1) is 0 Å². The largest absolute Gasteiger partial charge is 0.294 e. The highest BCUT2D eigenvalue weighted by Crippen LogP contribution is 2.57. The molecule has 4 aromatic rings. The van der Waals surface area contributed by atoms with Gasteiger partial charge in [0.15, 0.2) is 11.6 Å². The van der Waals surface area contributed by atoms with Gasteiger partial charge >= 0.3 is 0 Å². The molecular formula is C60H76N4. The van der Waals surface area contributed by atoms with Crippen LogP contribution in [0.2, 0.25) is 0 Å². The third-order valence-electron chi connectivity index (χ3n) is 13.7. The first-order chi connectivity index (χ1) is 31.5. The van der Waals surface area contributed by atoms with E-state index in [0.29, 0.717) is 0 Å². The molecule has 4 nitrogen and oxygen atoms in total. The monoisotopic (exact) mass is 853 g/mol. The molecule has 0 fully saturated rings. The Hall–Kier alpha value is -5.22. The molecule has 4 aromatic carbocycles. The predicted molar refractivity (Wildman–Crippen MR) is 277 cm³/mol. The summed E-state index contributed by atoms with van der Waals surface area (Å²) >= 11 is 0. The van der Waals surface area contributed by atoms with Gasteiger partial charge in [-0.25, -0.2) is 0 Å². The van der Waals surface area contributed by atoms with E-state index in [1.807, 2.05) is 0 Å². The average Bonchev–Trinajstić information content (AvgIpc) is 4.13. The van der Waals surface area contributed by atoms with Gasteiger partial charge in [-0.15, -0.1) is 0 Å². The second kappa shape index (κ2) is 21.6. The first-order valence-electron chi connectivity index (χ1n) is 25.7. The molecule has 0 spiro atoms. The van der Waals surface area contributed by atoms with E-state index in [1.165, 1.54) is 168 Å². The van der Waals surface area contributed by atoms with Crippen molar-refractivity contribution in [1.82, 2.24) is 0 Å². The van der Waals surface area contributed by atoms with Crippen molar-refractivity contribution in [3.05, 3.63) is 166 Å². The summed E-state index contributed by atoms with van der Waals surface area (Å²) in [5.41, 5.74) is 19.0. The lowest BCUT2D eigenvalue weighted by Gasteiger charge is -2.35. The lowest BCUT2D eigenvalue weighted by atomic mass is 10.00. The Balaban J connectivity index is 1.46. The fourth-order valence-electron chi connectivity index (χ4n) is 10.2. The van der Waals surface area contributed by atoms with Crippen molar-refractivity contribution in [2.24, 2.45) is 0 Å². The van der Waals surface area contributed by atoms with Crippen LogP contribution in [-0.4, -0.2) is 0 Å². The Labute approximate surface area is 387 Å². The number of aryl methyl sites for hydroxylation is 4. The molecule has 2 aliphatic carbocycles. The van der Waals surface area contributed by atoms with Crippen LogP contribution in [0.25, 0.3) is 0 Å². The fraction of sp³-hybridized carbons (Fsp3) is 0.433. The Morgan fingerprint density at radius 1 is 0.359 bits per heavy atom. The number of benzene rings is 4. The Morgan fingerprint density at radius 2 is 0.656 bits per heavy atom. The van der Waals surface area contributed by atoms with Crippen molar-refractivity contribution >= 4 is 34.1 Å². The molecule has 0 aromatic heterocycles. The smallest absolute Gasteiger partial charge is 0.165 e. The quantitative estimate of drug-likeness (QED) is 0.0781. The molecule has 4 aliphatic rings. The van der Waals surface area contributed by atoms with Crippen LogP contribution in [-0.2, 0) is 25.7 Å². The average molecular weight is 853 g/mol. The number of allylic oxidation sites excluding steroid dienone is 6. The van der Waals surface area contributed by atoms with Crippen molar-refractivity contribution in [1.29, 1.82) is 0 Å². The summed E-state index contributed by atoms with van der Waals surface area (Å²) in [4.78, 5) is 10.7. The summed E-state index contributed by atoms with van der Waals surface area (Å²) in [6, 6.07) is 33.7. The number of fused-ring (bicyclic) bond motifs is 2. The molecule has 2 heterocycles. The molecule has 2 aliphatic heterocycles. The number of hydrogen-bond acceptors (Lipinski definition) is 4. The summed E-state index contributed by atoms with van der Waals surface area (Å²) in [5, 5.41) is 0. The third kappa shape index (κ3) is 9.73. The number of para-hydroxylation sites is 4. The lowest BCUT2D eigenvalue weighted by molar-refractivity contribution is 0.779. The first kappa shape index (κ1) is 45.4.